The number of anilines is 3. The maximum Gasteiger partial charge on any atom is 0.235 e. The maximum atomic E-state index is 5.49. The molecule has 7 heteroatoms. The van der Waals surface area contributed by atoms with E-state index in [1.807, 2.05) is 12.1 Å². The lowest BCUT2D eigenvalue weighted by Gasteiger charge is -2.20. The van der Waals surface area contributed by atoms with Crippen molar-refractivity contribution in [2.45, 2.75) is 13.8 Å². The summed E-state index contributed by atoms with van der Waals surface area (Å²) in [5, 5.41) is 11.0. The molecule has 0 spiro atoms. The first-order chi connectivity index (χ1) is 9.74. The van der Waals surface area contributed by atoms with Crippen LogP contribution in [0.25, 0.3) is 0 Å². The summed E-state index contributed by atoms with van der Waals surface area (Å²) in [7, 11) is 0. The average Bonchev–Trinajstić information content (AvgIpc) is 2.87. The van der Waals surface area contributed by atoms with E-state index in [-0.39, 0.29) is 5.82 Å². The smallest absolute Gasteiger partial charge is 0.235 e. The van der Waals surface area contributed by atoms with Gasteiger partial charge in [0.15, 0.2) is 0 Å². The maximum absolute atomic E-state index is 5.49. The van der Waals surface area contributed by atoms with Gasteiger partial charge in [0.1, 0.15) is 0 Å². The minimum absolute atomic E-state index is 0.180. The number of aromatic nitrogens is 2. The number of hydrogen-bond donors (Lipinski definition) is 2. The van der Waals surface area contributed by atoms with Crippen molar-refractivity contribution in [2.75, 3.05) is 29.1 Å². The SMILES string of the molecule is CCN(CC)c1ccc(/C=N/Nc2nonc2N)cc1. The van der Waals surface area contributed by atoms with Gasteiger partial charge < -0.3 is 10.6 Å². The van der Waals surface area contributed by atoms with Crippen LogP contribution < -0.4 is 16.1 Å². The molecule has 0 aliphatic heterocycles. The first-order valence-electron chi connectivity index (χ1n) is 6.46. The molecule has 1 aromatic heterocycles. The Bertz CT molecular complexity index is 558. The molecule has 20 heavy (non-hydrogen) atoms. The molecular weight excluding hydrogens is 256 g/mol. The zero-order chi connectivity index (χ0) is 14.4. The molecule has 2 rings (SSSR count). The molecule has 0 unspecified atom stereocenters. The molecule has 0 aliphatic rings. The highest BCUT2D eigenvalue weighted by Crippen LogP contribution is 2.14. The van der Waals surface area contributed by atoms with Gasteiger partial charge in [-0.2, -0.15) is 5.10 Å². The van der Waals surface area contributed by atoms with Crippen molar-refractivity contribution in [1.82, 2.24) is 10.3 Å². The Morgan fingerprint density at radius 1 is 1.25 bits per heavy atom. The van der Waals surface area contributed by atoms with Gasteiger partial charge in [0, 0.05) is 18.8 Å². The Kier molecular flexibility index (Phi) is 4.54. The van der Waals surface area contributed by atoms with Crippen molar-refractivity contribution in [2.24, 2.45) is 5.10 Å². The lowest BCUT2D eigenvalue weighted by molar-refractivity contribution is 0.310. The van der Waals surface area contributed by atoms with E-state index in [9.17, 15) is 0 Å². The van der Waals surface area contributed by atoms with Crippen LogP contribution in [0.3, 0.4) is 0 Å². The quantitative estimate of drug-likeness (QED) is 0.617. The molecule has 0 aliphatic carbocycles. The van der Waals surface area contributed by atoms with Crippen LogP contribution >= 0.6 is 0 Å². The van der Waals surface area contributed by atoms with Crippen LogP contribution in [0.2, 0.25) is 0 Å². The van der Waals surface area contributed by atoms with Crippen molar-refractivity contribution >= 4 is 23.5 Å². The van der Waals surface area contributed by atoms with E-state index in [0.717, 1.165) is 18.7 Å². The van der Waals surface area contributed by atoms with Crippen molar-refractivity contribution in [3.8, 4) is 0 Å². The number of benzene rings is 1. The Balaban J connectivity index is 1.98. The van der Waals surface area contributed by atoms with Gasteiger partial charge in [-0.05, 0) is 41.9 Å². The van der Waals surface area contributed by atoms with Gasteiger partial charge in [-0.15, -0.1) is 0 Å². The van der Waals surface area contributed by atoms with Crippen molar-refractivity contribution in [1.29, 1.82) is 0 Å². The number of rotatable bonds is 6. The van der Waals surface area contributed by atoms with E-state index in [1.54, 1.807) is 6.21 Å². The molecule has 0 fully saturated rings. The fourth-order valence-corrected chi connectivity index (χ4v) is 1.80. The largest absolute Gasteiger partial charge is 0.378 e. The Morgan fingerprint density at radius 3 is 2.50 bits per heavy atom. The fourth-order valence-electron chi connectivity index (χ4n) is 1.80. The Morgan fingerprint density at radius 2 is 1.95 bits per heavy atom. The monoisotopic (exact) mass is 274 g/mol. The first kappa shape index (κ1) is 13.9. The molecule has 0 bridgehead atoms. The molecule has 1 heterocycles. The van der Waals surface area contributed by atoms with Crippen LogP contribution in [0.15, 0.2) is 34.0 Å². The Hall–Kier alpha value is -2.57. The third-order valence-corrected chi connectivity index (χ3v) is 2.92. The highest BCUT2D eigenvalue weighted by Gasteiger charge is 2.03. The van der Waals surface area contributed by atoms with Gasteiger partial charge in [-0.1, -0.05) is 12.1 Å². The van der Waals surface area contributed by atoms with Gasteiger partial charge in [-0.3, -0.25) is 5.43 Å². The van der Waals surface area contributed by atoms with Gasteiger partial charge in [-0.25, -0.2) is 4.63 Å². The van der Waals surface area contributed by atoms with Crippen LogP contribution in [0.4, 0.5) is 17.3 Å². The zero-order valence-electron chi connectivity index (χ0n) is 11.6. The zero-order valence-corrected chi connectivity index (χ0v) is 11.6. The number of hydrogen-bond acceptors (Lipinski definition) is 7. The summed E-state index contributed by atoms with van der Waals surface area (Å²) in [5.74, 6) is 0.486. The van der Waals surface area contributed by atoms with Crippen molar-refractivity contribution < 1.29 is 4.63 Å². The van der Waals surface area contributed by atoms with Crippen molar-refractivity contribution in [3.63, 3.8) is 0 Å². The first-order valence-corrected chi connectivity index (χ1v) is 6.46. The minimum atomic E-state index is 0.180. The molecule has 2 aromatic rings. The van der Waals surface area contributed by atoms with Gasteiger partial charge in [0.05, 0.1) is 6.21 Å². The molecule has 106 valence electrons. The second-order valence-electron chi connectivity index (χ2n) is 4.13. The highest BCUT2D eigenvalue weighted by atomic mass is 16.6. The number of nitrogen functional groups attached to an aromatic ring is 1. The highest BCUT2D eigenvalue weighted by molar-refractivity contribution is 5.81. The van der Waals surface area contributed by atoms with E-state index in [0.29, 0.717) is 5.82 Å². The van der Waals surface area contributed by atoms with E-state index < -0.39 is 0 Å². The van der Waals surface area contributed by atoms with Crippen LogP contribution in [0, 0.1) is 0 Å². The number of nitrogens with zero attached hydrogens (tertiary/aromatic N) is 4. The molecule has 0 saturated carbocycles. The minimum Gasteiger partial charge on any atom is -0.378 e. The number of hydrazone groups is 1. The predicted octanol–water partition coefficient (Wildman–Crippen LogP) is 1.94. The van der Waals surface area contributed by atoms with E-state index in [1.165, 1.54) is 5.69 Å². The summed E-state index contributed by atoms with van der Waals surface area (Å²) < 4.78 is 4.45. The third kappa shape index (κ3) is 3.25. The fraction of sp³-hybridized carbons (Fsp3) is 0.308. The van der Waals surface area contributed by atoms with E-state index >= 15 is 0 Å². The molecule has 1 aromatic carbocycles. The number of nitrogens with one attached hydrogen (secondary N) is 1. The summed E-state index contributed by atoms with van der Waals surface area (Å²) >= 11 is 0. The van der Waals surface area contributed by atoms with Crippen LogP contribution in [0.1, 0.15) is 19.4 Å². The van der Waals surface area contributed by atoms with Crippen LogP contribution in [-0.4, -0.2) is 29.6 Å². The molecule has 0 radical (unpaired) electrons. The molecule has 3 N–H and O–H groups in total. The normalized spacial score (nSPS) is 10.9. The van der Waals surface area contributed by atoms with Crippen LogP contribution in [0.5, 0.6) is 0 Å². The molecule has 7 nitrogen and oxygen atoms in total. The number of nitrogens with two attached hydrogens (primary N) is 1. The summed E-state index contributed by atoms with van der Waals surface area (Å²) in [6.07, 6.45) is 1.68. The van der Waals surface area contributed by atoms with E-state index in [4.69, 9.17) is 5.73 Å². The van der Waals surface area contributed by atoms with Gasteiger partial charge in [0.2, 0.25) is 11.6 Å². The second-order valence-corrected chi connectivity index (χ2v) is 4.13. The standard InChI is InChI=1S/C13H18N6O/c1-3-19(4-2)11-7-5-10(6-8-11)9-15-16-13-12(14)17-20-18-13/h5-9H,3-4H2,1-2H3,(H2,14,17)(H,16,18)/b15-9+. The average molecular weight is 274 g/mol. The van der Waals surface area contributed by atoms with Crippen LogP contribution in [-0.2, 0) is 0 Å². The molecule has 0 atom stereocenters. The third-order valence-electron chi connectivity index (χ3n) is 2.92. The Labute approximate surface area is 117 Å². The molecule has 0 saturated heterocycles. The van der Waals surface area contributed by atoms with Crippen molar-refractivity contribution in [3.05, 3.63) is 29.8 Å². The molecular formula is C13H18N6O. The summed E-state index contributed by atoms with van der Waals surface area (Å²) in [6, 6.07) is 8.15. The summed E-state index contributed by atoms with van der Waals surface area (Å²) in [5.41, 5.74) is 10.3. The lowest BCUT2D eigenvalue weighted by atomic mass is 10.2. The second kappa shape index (κ2) is 6.55. The topological polar surface area (TPSA) is 92.6 Å². The molecule has 0 amide bonds. The lowest BCUT2D eigenvalue weighted by Crippen LogP contribution is -2.21. The van der Waals surface area contributed by atoms with Gasteiger partial charge >= 0.3 is 0 Å². The van der Waals surface area contributed by atoms with Gasteiger partial charge in [0.25, 0.3) is 0 Å². The van der Waals surface area contributed by atoms with E-state index in [2.05, 4.69) is 56.3 Å². The summed E-state index contributed by atoms with van der Waals surface area (Å²) in [4.78, 5) is 2.28. The summed E-state index contributed by atoms with van der Waals surface area (Å²) in [6.45, 7) is 6.26. The predicted molar refractivity (Wildman–Crippen MR) is 79.9 cm³/mol.